The lowest BCUT2D eigenvalue weighted by Crippen LogP contribution is -2.11. The monoisotopic (exact) mass is 142 g/mol. The highest BCUT2D eigenvalue weighted by Crippen LogP contribution is 1.85. The maximum atomic E-state index is 10.3. The van der Waals surface area contributed by atoms with Gasteiger partial charge in [-0.1, -0.05) is 6.08 Å². The lowest BCUT2D eigenvalue weighted by Gasteiger charge is -1.90. The van der Waals surface area contributed by atoms with Gasteiger partial charge in [-0.15, -0.1) is 0 Å². The van der Waals surface area contributed by atoms with E-state index in [1.165, 1.54) is 6.92 Å². The SMILES string of the molecule is CC(=O)N/C=C/CCCN. The molecule has 58 valence electrons. The van der Waals surface area contributed by atoms with E-state index in [1.54, 1.807) is 6.20 Å². The van der Waals surface area contributed by atoms with Gasteiger partial charge in [0.05, 0.1) is 0 Å². The first-order valence-corrected chi connectivity index (χ1v) is 3.39. The zero-order valence-corrected chi connectivity index (χ0v) is 6.26. The van der Waals surface area contributed by atoms with Crippen LogP contribution in [0.4, 0.5) is 0 Å². The summed E-state index contributed by atoms with van der Waals surface area (Å²) in [5.74, 6) is -0.0380. The number of nitrogens with one attached hydrogen (secondary N) is 1. The number of carbonyl (C=O) groups excluding carboxylic acids is 1. The van der Waals surface area contributed by atoms with Crippen molar-refractivity contribution in [1.82, 2.24) is 5.32 Å². The van der Waals surface area contributed by atoms with Gasteiger partial charge < -0.3 is 11.1 Å². The summed E-state index contributed by atoms with van der Waals surface area (Å²) in [6, 6.07) is 0. The second kappa shape index (κ2) is 6.29. The van der Waals surface area contributed by atoms with E-state index in [0.717, 1.165) is 12.8 Å². The van der Waals surface area contributed by atoms with Crippen molar-refractivity contribution in [1.29, 1.82) is 0 Å². The number of amides is 1. The Labute approximate surface area is 61.3 Å². The molecule has 0 radical (unpaired) electrons. The summed E-state index contributed by atoms with van der Waals surface area (Å²) < 4.78 is 0. The third-order valence-corrected chi connectivity index (χ3v) is 0.979. The second-order valence-corrected chi connectivity index (χ2v) is 2.03. The fourth-order valence-corrected chi connectivity index (χ4v) is 0.495. The van der Waals surface area contributed by atoms with E-state index in [0.29, 0.717) is 6.54 Å². The van der Waals surface area contributed by atoms with Crippen LogP contribution in [-0.2, 0) is 4.79 Å². The summed E-state index contributed by atoms with van der Waals surface area (Å²) in [5, 5.41) is 2.54. The minimum absolute atomic E-state index is 0.0380. The molecule has 0 spiro atoms. The lowest BCUT2D eigenvalue weighted by molar-refractivity contribution is -0.118. The van der Waals surface area contributed by atoms with E-state index < -0.39 is 0 Å². The van der Waals surface area contributed by atoms with Gasteiger partial charge in [0.25, 0.3) is 0 Å². The number of hydrogen-bond acceptors (Lipinski definition) is 2. The second-order valence-electron chi connectivity index (χ2n) is 2.03. The van der Waals surface area contributed by atoms with Crippen molar-refractivity contribution in [2.45, 2.75) is 19.8 Å². The Morgan fingerprint density at radius 1 is 1.70 bits per heavy atom. The molecule has 3 nitrogen and oxygen atoms in total. The van der Waals surface area contributed by atoms with Crippen molar-refractivity contribution in [3.63, 3.8) is 0 Å². The molecule has 0 saturated carbocycles. The Morgan fingerprint density at radius 3 is 2.90 bits per heavy atom. The summed E-state index contributed by atoms with van der Waals surface area (Å²) in [7, 11) is 0. The van der Waals surface area contributed by atoms with E-state index in [1.807, 2.05) is 6.08 Å². The maximum Gasteiger partial charge on any atom is 0.220 e. The van der Waals surface area contributed by atoms with Gasteiger partial charge in [-0.2, -0.15) is 0 Å². The van der Waals surface area contributed by atoms with E-state index in [9.17, 15) is 4.79 Å². The predicted molar refractivity (Wildman–Crippen MR) is 41.2 cm³/mol. The number of hydrogen-bond donors (Lipinski definition) is 2. The van der Waals surface area contributed by atoms with Crippen molar-refractivity contribution < 1.29 is 4.79 Å². The normalized spacial score (nSPS) is 10.2. The van der Waals surface area contributed by atoms with Crippen LogP contribution < -0.4 is 11.1 Å². The van der Waals surface area contributed by atoms with Crippen LogP contribution in [0.3, 0.4) is 0 Å². The smallest absolute Gasteiger partial charge is 0.220 e. The third kappa shape index (κ3) is 7.17. The molecular formula is C7H14N2O. The van der Waals surface area contributed by atoms with Gasteiger partial charge in [0, 0.05) is 6.92 Å². The molecule has 0 saturated heterocycles. The molecular weight excluding hydrogens is 128 g/mol. The fraction of sp³-hybridized carbons (Fsp3) is 0.571. The quantitative estimate of drug-likeness (QED) is 0.557. The van der Waals surface area contributed by atoms with E-state index in [2.05, 4.69) is 5.32 Å². The largest absolute Gasteiger partial charge is 0.333 e. The summed E-state index contributed by atoms with van der Waals surface area (Å²) in [6.45, 7) is 2.18. The highest BCUT2D eigenvalue weighted by atomic mass is 16.1. The predicted octanol–water partition coefficient (Wildman–Crippen LogP) is 0.375. The molecule has 3 N–H and O–H groups in total. The van der Waals surface area contributed by atoms with Gasteiger partial charge in [-0.3, -0.25) is 4.79 Å². The van der Waals surface area contributed by atoms with Crippen molar-refractivity contribution in [3.8, 4) is 0 Å². The van der Waals surface area contributed by atoms with Crippen LogP contribution in [0.2, 0.25) is 0 Å². The third-order valence-electron chi connectivity index (χ3n) is 0.979. The number of carbonyl (C=O) groups is 1. The average Bonchev–Trinajstić information content (AvgIpc) is 1.87. The van der Waals surface area contributed by atoms with Gasteiger partial charge in [-0.05, 0) is 25.6 Å². The molecule has 0 fully saturated rings. The van der Waals surface area contributed by atoms with Crippen LogP contribution in [0, 0.1) is 0 Å². The Morgan fingerprint density at radius 2 is 2.40 bits per heavy atom. The Bertz CT molecular complexity index is 121. The molecule has 10 heavy (non-hydrogen) atoms. The molecule has 0 heterocycles. The van der Waals surface area contributed by atoms with E-state index in [4.69, 9.17) is 5.73 Å². The molecule has 0 aliphatic rings. The van der Waals surface area contributed by atoms with Crippen LogP contribution in [-0.4, -0.2) is 12.5 Å². The van der Waals surface area contributed by atoms with Crippen molar-refractivity contribution in [2.24, 2.45) is 5.73 Å². The Kier molecular flexibility index (Phi) is 5.77. The van der Waals surface area contributed by atoms with Crippen molar-refractivity contribution in [2.75, 3.05) is 6.54 Å². The molecule has 0 atom stereocenters. The first-order valence-electron chi connectivity index (χ1n) is 3.39. The highest BCUT2D eigenvalue weighted by Gasteiger charge is 1.81. The highest BCUT2D eigenvalue weighted by molar-refractivity contribution is 5.73. The van der Waals surface area contributed by atoms with Crippen LogP contribution >= 0.6 is 0 Å². The lowest BCUT2D eigenvalue weighted by atomic mass is 10.3. The Balaban J connectivity index is 3.12. The van der Waals surface area contributed by atoms with Gasteiger partial charge in [0.15, 0.2) is 0 Å². The van der Waals surface area contributed by atoms with Crippen LogP contribution in [0.25, 0.3) is 0 Å². The molecule has 0 rings (SSSR count). The van der Waals surface area contributed by atoms with Crippen LogP contribution in [0.15, 0.2) is 12.3 Å². The zero-order valence-electron chi connectivity index (χ0n) is 6.26. The summed E-state index contributed by atoms with van der Waals surface area (Å²) in [6.07, 6.45) is 5.44. The van der Waals surface area contributed by atoms with E-state index in [-0.39, 0.29) is 5.91 Å². The van der Waals surface area contributed by atoms with Crippen LogP contribution in [0.1, 0.15) is 19.8 Å². The molecule has 1 amide bonds. The summed E-state index contributed by atoms with van der Waals surface area (Å²) in [4.78, 5) is 10.3. The molecule has 0 unspecified atom stereocenters. The van der Waals surface area contributed by atoms with Crippen molar-refractivity contribution >= 4 is 5.91 Å². The molecule has 3 heteroatoms. The van der Waals surface area contributed by atoms with Crippen molar-refractivity contribution in [3.05, 3.63) is 12.3 Å². The molecule has 0 aliphatic heterocycles. The van der Waals surface area contributed by atoms with Gasteiger partial charge in [-0.25, -0.2) is 0 Å². The first kappa shape index (κ1) is 9.17. The standard InChI is InChI=1S/C7H14N2O/c1-7(10)9-6-4-2-3-5-8/h4,6H,2-3,5,8H2,1H3,(H,9,10)/b6-4+. The number of allylic oxidation sites excluding steroid dienone is 1. The van der Waals surface area contributed by atoms with Gasteiger partial charge >= 0.3 is 0 Å². The Hall–Kier alpha value is -0.830. The van der Waals surface area contributed by atoms with E-state index >= 15 is 0 Å². The van der Waals surface area contributed by atoms with Crippen LogP contribution in [0.5, 0.6) is 0 Å². The summed E-state index contributed by atoms with van der Waals surface area (Å²) in [5.41, 5.74) is 5.25. The van der Waals surface area contributed by atoms with Gasteiger partial charge in [0.2, 0.25) is 5.91 Å². The number of nitrogens with two attached hydrogens (primary N) is 1. The molecule has 0 bridgehead atoms. The average molecular weight is 142 g/mol. The fourth-order valence-electron chi connectivity index (χ4n) is 0.495. The first-order chi connectivity index (χ1) is 4.77. The number of rotatable bonds is 4. The molecule has 0 aromatic rings. The minimum Gasteiger partial charge on any atom is -0.333 e. The van der Waals surface area contributed by atoms with Gasteiger partial charge in [0.1, 0.15) is 0 Å². The molecule has 0 aliphatic carbocycles. The topological polar surface area (TPSA) is 55.1 Å². The molecule has 0 aromatic heterocycles. The molecule has 0 aromatic carbocycles. The zero-order chi connectivity index (χ0) is 7.82. The minimum atomic E-state index is -0.0380. The maximum absolute atomic E-state index is 10.3. The summed E-state index contributed by atoms with van der Waals surface area (Å²) >= 11 is 0. The number of unbranched alkanes of at least 4 members (excludes halogenated alkanes) is 1.